The molecule has 3 N–H and O–H groups in total. The van der Waals surface area contributed by atoms with Crippen LogP contribution in [0.25, 0.3) is 33.0 Å². The Hall–Kier alpha value is -2.20. The quantitative estimate of drug-likeness (QED) is 0.496. The monoisotopic (exact) mass is 347 g/mol. The smallest absolute Gasteiger partial charge is 0.0633 e. The van der Waals surface area contributed by atoms with Crippen LogP contribution in [0.2, 0.25) is 0 Å². The third-order valence-electron chi connectivity index (χ3n) is 5.59. The molecular weight excluding hydrogens is 322 g/mol. The van der Waals surface area contributed by atoms with Gasteiger partial charge < -0.3 is 15.5 Å². The Kier molecular flexibility index (Phi) is 4.31. The second-order valence-electron chi connectivity index (χ2n) is 7.46. The van der Waals surface area contributed by atoms with Gasteiger partial charge in [-0.1, -0.05) is 49.4 Å². The largest absolute Gasteiger partial charge is 0.394 e. The van der Waals surface area contributed by atoms with Gasteiger partial charge >= 0.3 is 0 Å². The van der Waals surface area contributed by atoms with Gasteiger partial charge in [-0.2, -0.15) is 0 Å². The van der Waals surface area contributed by atoms with Gasteiger partial charge in [0.05, 0.1) is 18.8 Å². The molecular formula is C23H25NO2. The van der Waals surface area contributed by atoms with Crippen molar-refractivity contribution >= 4 is 10.8 Å². The Balaban J connectivity index is 1.75. The molecule has 0 unspecified atom stereocenters. The SMILES string of the molecule is CCc1ccc2c3c(cccc13)-c1ccc(CNC(C)(CO)CO)cc1-2. The molecule has 0 bridgehead atoms. The van der Waals surface area contributed by atoms with Crippen LogP contribution in [0, 0.1) is 0 Å². The first kappa shape index (κ1) is 17.2. The summed E-state index contributed by atoms with van der Waals surface area (Å²) in [6, 6.07) is 17.6. The van der Waals surface area contributed by atoms with Crippen LogP contribution in [0.3, 0.4) is 0 Å². The van der Waals surface area contributed by atoms with Crippen molar-refractivity contribution in [3.8, 4) is 22.3 Å². The summed E-state index contributed by atoms with van der Waals surface area (Å²) in [7, 11) is 0. The third kappa shape index (κ3) is 2.64. The van der Waals surface area contributed by atoms with Crippen LogP contribution in [0.4, 0.5) is 0 Å². The minimum absolute atomic E-state index is 0.0982. The minimum Gasteiger partial charge on any atom is -0.394 e. The molecule has 26 heavy (non-hydrogen) atoms. The van der Waals surface area contributed by atoms with Crippen LogP contribution in [0.15, 0.2) is 48.5 Å². The zero-order valence-electron chi connectivity index (χ0n) is 15.3. The number of rotatable bonds is 6. The molecule has 0 aliphatic heterocycles. The summed E-state index contributed by atoms with van der Waals surface area (Å²) in [4.78, 5) is 0. The normalized spacial score (nSPS) is 12.6. The fourth-order valence-electron chi connectivity index (χ4n) is 3.86. The van der Waals surface area contributed by atoms with Crippen LogP contribution >= 0.6 is 0 Å². The zero-order chi connectivity index (χ0) is 18.3. The maximum atomic E-state index is 9.46. The van der Waals surface area contributed by atoms with E-state index >= 15 is 0 Å². The van der Waals surface area contributed by atoms with Gasteiger partial charge in [-0.15, -0.1) is 0 Å². The van der Waals surface area contributed by atoms with Crippen molar-refractivity contribution in [2.45, 2.75) is 32.4 Å². The molecule has 0 amide bonds. The van der Waals surface area contributed by atoms with Crippen molar-refractivity contribution in [1.29, 1.82) is 0 Å². The molecule has 1 aliphatic rings. The molecule has 3 aromatic carbocycles. The number of aliphatic hydroxyl groups excluding tert-OH is 2. The maximum absolute atomic E-state index is 9.46. The molecule has 1 aliphatic carbocycles. The van der Waals surface area contributed by atoms with Gasteiger partial charge in [0.25, 0.3) is 0 Å². The zero-order valence-corrected chi connectivity index (χ0v) is 15.3. The van der Waals surface area contributed by atoms with Crippen molar-refractivity contribution in [2.24, 2.45) is 0 Å². The van der Waals surface area contributed by atoms with Crippen molar-refractivity contribution < 1.29 is 10.2 Å². The first-order chi connectivity index (χ1) is 12.6. The number of aliphatic hydroxyl groups is 2. The van der Waals surface area contributed by atoms with E-state index in [2.05, 4.69) is 60.8 Å². The van der Waals surface area contributed by atoms with Gasteiger partial charge in [-0.05, 0) is 63.6 Å². The Labute approximate surface area is 154 Å². The molecule has 4 rings (SSSR count). The summed E-state index contributed by atoms with van der Waals surface area (Å²) in [5.74, 6) is 0. The summed E-state index contributed by atoms with van der Waals surface area (Å²) in [6.07, 6.45) is 1.03. The van der Waals surface area contributed by atoms with E-state index in [9.17, 15) is 10.2 Å². The van der Waals surface area contributed by atoms with E-state index in [1.807, 2.05) is 6.92 Å². The predicted octanol–water partition coefficient (Wildman–Crippen LogP) is 3.88. The van der Waals surface area contributed by atoms with E-state index in [4.69, 9.17) is 0 Å². The summed E-state index contributed by atoms with van der Waals surface area (Å²) in [5, 5.41) is 24.9. The fourth-order valence-corrected chi connectivity index (χ4v) is 3.86. The lowest BCUT2D eigenvalue weighted by Crippen LogP contribution is -2.48. The number of aryl methyl sites for hydroxylation is 1. The average molecular weight is 347 g/mol. The van der Waals surface area contributed by atoms with Gasteiger partial charge in [0.2, 0.25) is 0 Å². The molecule has 0 radical (unpaired) electrons. The lowest BCUT2D eigenvalue weighted by molar-refractivity contribution is 0.103. The number of hydrogen-bond donors (Lipinski definition) is 3. The molecule has 3 aromatic rings. The lowest BCUT2D eigenvalue weighted by atomic mass is 9.97. The Morgan fingerprint density at radius 2 is 1.62 bits per heavy atom. The van der Waals surface area contributed by atoms with Crippen molar-refractivity contribution in [3.63, 3.8) is 0 Å². The van der Waals surface area contributed by atoms with Gasteiger partial charge in [0, 0.05) is 6.54 Å². The minimum atomic E-state index is -0.669. The van der Waals surface area contributed by atoms with Crippen LogP contribution in [-0.4, -0.2) is 29.0 Å². The van der Waals surface area contributed by atoms with Gasteiger partial charge in [-0.25, -0.2) is 0 Å². The molecule has 0 atom stereocenters. The second-order valence-corrected chi connectivity index (χ2v) is 7.46. The first-order valence-electron chi connectivity index (χ1n) is 9.25. The molecule has 134 valence electrons. The highest BCUT2D eigenvalue weighted by Gasteiger charge is 2.24. The Bertz CT molecular complexity index is 973. The number of fused-ring (bicyclic) bond motifs is 3. The second kappa shape index (κ2) is 6.51. The van der Waals surface area contributed by atoms with Crippen LogP contribution in [0.5, 0.6) is 0 Å². The average Bonchev–Trinajstić information content (AvgIpc) is 3.01. The fraction of sp³-hybridized carbons (Fsp3) is 0.304. The molecule has 0 aromatic heterocycles. The molecule has 3 nitrogen and oxygen atoms in total. The summed E-state index contributed by atoms with van der Waals surface area (Å²) >= 11 is 0. The molecule has 0 saturated carbocycles. The molecule has 0 fully saturated rings. The van der Waals surface area contributed by atoms with E-state index < -0.39 is 5.54 Å². The highest BCUT2D eigenvalue weighted by molar-refractivity contribution is 6.16. The van der Waals surface area contributed by atoms with Crippen LogP contribution in [0.1, 0.15) is 25.0 Å². The molecule has 0 heterocycles. The van der Waals surface area contributed by atoms with E-state index in [0.29, 0.717) is 6.54 Å². The van der Waals surface area contributed by atoms with Crippen LogP contribution < -0.4 is 5.32 Å². The third-order valence-corrected chi connectivity index (χ3v) is 5.59. The Morgan fingerprint density at radius 3 is 2.35 bits per heavy atom. The van der Waals surface area contributed by atoms with E-state index in [1.54, 1.807) is 0 Å². The van der Waals surface area contributed by atoms with E-state index in [1.165, 1.54) is 38.6 Å². The highest BCUT2D eigenvalue weighted by Crippen LogP contribution is 2.48. The van der Waals surface area contributed by atoms with Crippen molar-refractivity contribution in [3.05, 3.63) is 59.7 Å². The topological polar surface area (TPSA) is 52.5 Å². The summed E-state index contributed by atoms with van der Waals surface area (Å²) in [5.41, 5.74) is 7.05. The Morgan fingerprint density at radius 1 is 0.885 bits per heavy atom. The van der Waals surface area contributed by atoms with E-state index in [0.717, 1.165) is 12.0 Å². The molecule has 0 spiro atoms. The molecule has 0 saturated heterocycles. The first-order valence-corrected chi connectivity index (χ1v) is 9.25. The maximum Gasteiger partial charge on any atom is 0.0633 e. The molecule has 3 heteroatoms. The number of nitrogens with one attached hydrogen (secondary N) is 1. The van der Waals surface area contributed by atoms with E-state index in [-0.39, 0.29) is 13.2 Å². The van der Waals surface area contributed by atoms with Crippen LogP contribution in [-0.2, 0) is 13.0 Å². The summed E-state index contributed by atoms with van der Waals surface area (Å²) in [6.45, 7) is 4.44. The standard InChI is InChI=1S/C23H25NO2/c1-3-16-8-10-20-21-11-15(12-24-23(2,13-25)14-26)7-9-18(21)19-6-4-5-17(16)22(19)20/h4-11,24-26H,3,12-14H2,1-2H3. The van der Waals surface area contributed by atoms with Crippen molar-refractivity contribution in [1.82, 2.24) is 5.32 Å². The summed E-state index contributed by atoms with van der Waals surface area (Å²) < 4.78 is 0. The number of benzene rings is 3. The van der Waals surface area contributed by atoms with Gasteiger partial charge in [0.1, 0.15) is 0 Å². The predicted molar refractivity (Wildman–Crippen MR) is 107 cm³/mol. The van der Waals surface area contributed by atoms with Gasteiger partial charge in [-0.3, -0.25) is 0 Å². The van der Waals surface area contributed by atoms with Crippen molar-refractivity contribution in [2.75, 3.05) is 13.2 Å². The lowest BCUT2D eigenvalue weighted by Gasteiger charge is -2.26. The highest BCUT2D eigenvalue weighted by atomic mass is 16.3. The van der Waals surface area contributed by atoms with Gasteiger partial charge in [0.15, 0.2) is 0 Å². The number of hydrogen-bond acceptors (Lipinski definition) is 3.